The largest absolute Gasteiger partial charge is 0.381 e. The molecule has 0 aliphatic carbocycles. The first kappa shape index (κ1) is 18.2. The van der Waals surface area contributed by atoms with Gasteiger partial charge in [0.15, 0.2) is 0 Å². The van der Waals surface area contributed by atoms with Crippen LogP contribution in [-0.4, -0.2) is 58.7 Å². The van der Waals surface area contributed by atoms with Crippen molar-refractivity contribution in [3.63, 3.8) is 0 Å². The Bertz CT molecular complexity index is 765. The molecule has 0 radical (unpaired) electrons. The monoisotopic (exact) mass is 374 g/mol. The molecule has 0 spiro atoms. The molecule has 8 nitrogen and oxygen atoms in total. The van der Waals surface area contributed by atoms with Gasteiger partial charge >= 0.3 is 0 Å². The maximum Gasteiger partial charge on any atom is 0.292 e. The van der Waals surface area contributed by atoms with Gasteiger partial charge < -0.3 is 18.9 Å². The number of ether oxygens (including phenoxy) is 2. The zero-order valence-corrected chi connectivity index (χ0v) is 15.7. The topological polar surface area (TPSA) is 82.6 Å². The number of nitrogens with zero attached hydrogens (tertiary/aromatic N) is 4. The van der Waals surface area contributed by atoms with Gasteiger partial charge in [-0.2, -0.15) is 5.10 Å². The summed E-state index contributed by atoms with van der Waals surface area (Å²) >= 11 is 0. The molecule has 146 valence electrons. The van der Waals surface area contributed by atoms with E-state index in [1.165, 1.54) is 0 Å². The number of carbonyl (C=O) groups excluding carboxylic acids is 1. The van der Waals surface area contributed by atoms with E-state index in [9.17, 15) is 4.79 Å². The number of aromatic nitrogens is 3. The fraction of sp³-hybridized carbons (Fsp3) is 0.632. The molecule has 2 aliphatic heterocycles. The molecule has 1 amide bonds. The normalized spacial score (nSPS) is 20.6. The highest BCUT2D eigenvalue weighted by Gasteiger charge is 2.30. The molecule has 8 heteroatoms. The Morgan fingerprint density at radius 3 is 3.00 bits per heavy atom. The first-order valence-corrected chi connectivity index (χ1v) is 9.61. The van der Waals surface area contributed by atoms with Gasteiger partial charge in [-0.25, -0.2) is 0 Å². The van der Waals surface area contributed by atoms with E-state index < -0.39 is 0 Å². The van der Waals surface area contributed by atoms with E-state index in [1.807, 2.05) is 17.7 Å². The molecular formula is C19H26N4O4. The predicted octanol–water partition coefficient (Wildman–Crippen LogP) is 2.21. The number of hydrogen-bond acceptors (Lipinski definition) is 6. The van der Waals surface area contributed by atoms with Crippen molar-refractivity contribution in [1.29, 1.82) is 0 Å². The molecular weight excluding hydrogens is 348 g/mol. The Balaban J connectivity index is 1.34. The van der Waals surface area contributed by atoms with Crippen molar-refractivity contribution >= 4 is 5.91 Å². The van der Waals surface area contributed by atoms with Crippen LogP contribution >= 0.6 is 0 Å². The number of hydrogen-bond donors (Lipinski definition) is 0. The van der Waals surface area contributed by atoms with Crippen LogP contribution in [0.5, 0.6) is 0 Å². The van der Waals surface area contributed by atoms with Crippen molar-refractivity contribution in [2.45, 2.75) is 38.8 Å². The van der Waals surface area contributed by atoms with Crippen molar-refractivity contribution in [2.75, 3.05) is 33.0 Å². The van der Waals surface area contributed by atoms with Gasteiger partial charge in [-0.15, -0.1) is 0 Å². The second kappa shape index (κ2) is 8.22. The number of carbonyl (C=O) groups is 1. The molecule has 2 aliphatic rings. The fourth-order valence-electron chi connectivity index (χ4n) is 3.76. The maximum absolute atomic E-state index is 12.7. The highest BCUT2D eigenvalue weighted by Crippen LogP contribution is 2.25. The van der Waals surface area contributed by atoms with E-state index in [-0.39, 0.29) is 17.7 Å². The second-order valence-corrected chi connectivity index (χ2v) is 7.36. The van der Waals surface area contributed by atoms with Crippen LogP contribution < -0.4 is 0 Å². The number of aryl methyl sites for hydroxylation is 1. The van der Waals surface area contributed by atoms with Crippen LogP contribution in [0, 0.1) is 12.8 Å². The Hall–Kier alpha value is -2.19. The van der Waals surface area contributed by atoms with Crippen LogP contribution in [0.2, 0.25) is 0 Å². The van der Waals surface area contributed by atoms with Gasteiger partial charge in [-0.05, 0) is 38.2 Å². The molecule has 1 saturated heterocycles. The lowest BCUT2D eigenvalue weighted by Gasteiger charge is -2.33. The van der Waals surface area contributed by atoms with Crippen LogP contribution in [0.15, 0.2) is 22.9 Å². The van der Waals surface area contributed by atoms with Crippen molar-refractivity contribution in [1.82, 2.24) is 19.8 Å². The van der Waals surface area contributed by atoms with Crippen LogP contribution in [0.4, 0.5) is 0 Å². The van der Waals surface area contributed by atoms with E-state index >= 15 is 0 Å². The third-order valence-corrected chi connectivity index (χ3v) is 5.30. The average Bonchev–Trinajstić information content (AvgIpc) is 3.34. The zero-order chi connectivity index (χ0) is 18.6. The predicted molar refractivity (Wildman–Crippen MR) is 96.2 cm³/mol. The lowest BCUT2D eigenvalue weighted by atomic mass is 10.0. The van der Waals surface area contributed by atoms with E-state index in [2.05, 4.69) is 10.3 Å². The molecule has 4 rings (SSSR count). The number of fused-ring (bicyclic) bond motifs is 1. The molecule has 0 N–H and O–H groups in total. The number of amides is 1. The highest BCUT2D eigenvalue weighted by atomic mass is 16.5. The minimum Gasteiger partial charge on any atom is -0.381 e. The van der Waals surface area contributed by atoms with Crippen molar-refractivity contribution < 1.29 is 18.8 Å². The minimum atomic E-state index is -0.129. The third kappa shape index (κ3) is 4.22. The minimum absolute atomic E-state index is 0.103. The Labute approximate surface area is 158 Å². The summed E-state index contributed by atoms with van der Waals surface area (Å²) in [6.45, 7) is 6.04. The molecule has 27 heavy (non-hydrogen) atoms. The molecule has 4 heterocycles. The molecule has 0 unspecified atom stereocenters. The molecule has 0 bridgehead atoms. The van der Waals surface area contributed by atoms with Crippen LogP contribution in [0.3, 0.4) is 0 Å². The van der Waals surface area contributed by atoms with E-state index in [1.54, 1.807) is 17.2 Å². The van der Waals surface area contributed by atoms with Crippen LogP contribution in [-0.2, 0) is 16.0 Å². The van der Waals surface area contributed by atoms with Crippen molar-refractivity contribution in [3.8, 4) is 0 Å². The lowest BCUT2D eigenvalue weighted by molar-refractivity contribution is 0.0155. The van der Waals surface area contributed by atoms with Gasteiger partial charge in [0, 0.05) is 45.2 Å². The lowest BCUT2D eigenvalue weighted by Crippen LogP contribution is -2.41. The summed E-state index contributed by atoms with van der Waals surface area (Å²) in [5.74, 6) is 0.754. The molecule has 1 fully saturated rings. The van der Waals surface area contributed by atoms with Gasteiger partial charge in [-0.3, -0.25) is 9.48 Å². The summed E-state index contributed by atoms with van der Waals surface area (Å²) in [5, 5.41) is 8.27. The van der Waals surface area contributed by atoms with E-state index in [4.69, 9.17) is 14.0 Å². The quantitative estimate of drug-likeness (QED) is 0.721. The van der Waals surface area contributed by atoms with E-state index in [0.717, 1.165) is 44.8 Å². The SMILES string of the molecule is Cc1cc(C(=O)N2Cc3ccnn3[C@@H](CCOCC3CCOCC3)C2)on1. The summed E-state index contributed by atoms with van der Waals surface area (Å²) < 4.78 is 18.5. The second-order valence-electron chi connectivity index (χ2n) is 7.36. The zero-order valence-electron chi connectivity index (χ0n) is 15.7. The molecule has 2 aromatic rings. The summed E-state index contributed by atoms with van der Waals surface area (Å²) in [6.07, 6.45) is 4.76. The maximum atomic E-state index is 12.7. The van der Waals surface area contributed by atoms with Gasteiger partial charge in [-0.1, -0.05) is 5.16 Å². The first-order valence-electron chi connectivity index (χ1n) is 9.61. The Morgan fingerprint density at radius 2 is 2.22 bits per heavy atom. The smallest absolute Gasteiger partial charge is 0.292 e. The molecule has 0 aromatic carbocycles. The average molecular weight is 374 g/mol. The van der Waals surface area contributed by atoms with Crippen LogP contribution in [0.25, 0.3) is 0 Å². The molecule has 2 aromatic heterocycles. The summed E-state index contributed by atoms with van der Waals surface area (Å²) in [6, 6.07) is 3.74. The third-order valence-electron chi connectivity index (χ3n) is 5.30. The van der Waals surface area contributed by atoms with Gasteiger partial charge in [0.05, 0.1) is 24.0 Å². The Kier molecular flexibility index (Phi) is 5.54. The molecule has 1 atom stereocenters. The Morgan fingerprint density at radius 1 is 1.37 bits per heavy atom. The first-order chi connectivity index (χ1) is 13.2. The van der Waals surface area contributed by atoms with Gasteiger partial charge in [0.2, 0.25) is 5.76 Å². The van der Waals surface area contributed by atoms with Crippen LogP contribution in [0.1, 0.15) is 47.2 Å². The van der Waals surface area contributed by atoms with Gasteiger partial charge in [0.25, 0.3) is 5.91 Å². The summed E-state index contributed by atoms with van der Waals surface area (Å²) in [7, 11) is 0. The summed E-state index contributed by atoms with van der Waals surface area (Å²) in [4.78, 5) is 14.6. The van der Waals surface area contributed by atoms with Crippen molar-refractivity contribution in [2.24, 2.45) is 5.92 Å². The van der Waals surface area contributed by atoms with Gasteiger partial charge in [0.1, 0.15) is 0 Å². The fourth-order valence-corrected chi connectivity index (χ4v) is 3.76. The number of rotatable bonds is 6. The highest BCUT2D eigenvalue weighted by molar-refractivity contribution is 5.91. The summed E-state index contributed by atoms with van der Waals surface area (Å²) in [5.41, 5.74) is 1.73. The van der Waals surface area contributed by atoms with Crippen molar-refractivity contribution in [3.05, 3.63) is 35.5 Å². The standard InChI is InChI=1S/C19H26N4O4/c1-14-10-18(27-21-14)19(24)22-11-16-2-6-20-23(16)17(12-22)5-9-26-13-15-3-7-25-8-4-15/h2,6,10,15,17H,3-5,7-9,11-13H2,1H3/t17-/m0/s1. The molecule has 0 saturated carbocycles. The van der Waals surface area contributed by atoms with E-state index in [0.29, 0.717) is 31.3 Å².